The minimum Gasteiger partial charge on any atom is -0.479 e. The molecule has 2 aliphatic heterocycles. The van der Waals surface area contributed by atoms with Crippen molar-refractivity contribution >= 4 is 52.6 Å². The topological polar surface area (TPSA) is 112 Å². The van der Waals surface area contributed by atoms with Gasteiger partial charge in [-0.2, -0.15) is 0 Å². The zero-order chi connectivity index (χ0) is 16.4. The summed E-state index contributed by atoms with van der Waals surface area (Å²) in [4.78, 5) is 37.3. The van der Waals surface area contributed by atoms with Crippen molar-refractivity contribution in [1.82, 2.24) is 20.4 Å². The quantitative estimate of drug-likeness (QED) is 0.549. The molecule has 11 heteroatoms. The number of rotatable bonds is 5. The Morgan fingerprint density at radius 3 is 3.04 bits per heavy atom. The summed E-state index contributed by atoms with van der Waals surface area (Å²) < 4.78 is 0.246. The van der Waals surface area contributed by atoms with Crippen LogP contribution >= 0.6 is 34.9 Å². The van der Waals surface area contributed by atoms with E-state index >= 15 is 0 Å². The molecule has 0 spiro atoms. The van der Waals surface area contributed by atoms with Crippen LogP contribution in [0.5, 0.6) is 0 Å². The Morgan fingerprint density at radius 2 is 2.39 bits per heavy atom. The molecular weight excluding hydrogens is 360 g/mol. The first-order chi connectivity index (χ1) is 10.9. The molecular formula is C12H12N4O4S3. The Balaban J connectivity index is 1.38. The lowest BCUT2D eigenvalue weighted by Crippen LogP contribution is -2.72. The first-order valence-corrected chi connectivity index (χ1v) is 9.56. The van der Waals surface area contributed by atoms with Crippen LogP contribution in [0, 0.1) is 0 Å². The molecule has 2 N–H and O–H groups in total. The number of nitrogens with zero attached hydrogens (tertiary/aromatic N) is 3. The van der Waals surface area contributed by atoms with Gasteiger partial charge in [-0.1, -0.05) is 23.1 Å². The van der Waals surface area contributed by atoms with Crippen LogP contribution < -0.4 is 5.32 Å². The number of nitrogens with one attached hydrogen (secondary N) is 1. The van der Waals surface area contributed by atoms with Crippen LogP contribution in [0.25, 0.3) is 0 Å². The molecule has 1 aromatic heterocycles. The Morgan fingerprint density at radius 1 is 1.61 bits per heavy atom. The first-order valence-electron chi connectivity index (χ1n) is 6.82. The number of hydrogen-bond acceptors (Lipinski definition) is 8. The van der Waals surface area contributed by atoms with Gasteiger partial charge in [-0.3, -0.25) is 9.59 Å². The highest BCUT2D eigenvalue weighted by molar-refractivity contribution is 8.02. The van der Waals surface area contributed by atoms with E-state index in [0.29, 0.717) is 10.8 Å². The van der Waals surface area contributed by atoms with Crippen LogP contribution in [-0.2, 0) is 14.4 Å². The summed E-state index contributed by atoms with van der Waals surface area (Å²) in [5.74, 6) is -1.38. The Labute approximate surface area is 143 Å². The van der Waals surface area contributed by atoms with E-state index in [4.69, 9.17) is 0 Å². The molecule has 3 aliphatic rings. The maximum Gasteiger partial charge on any atom is 0.331 e. The molecule has 8 nitrogen and oxygen atoms in total. The van der Waals surface area contributed by atoms with E-state index in [2.05, 4.69) is 15.5 Å². The molecule has 0 aromatic carbocycles. The van der Waals surface area contributed by atoms with E-state index in [1.54, 1.807) is 5.51 Å². The summed E-state index contributed by atoms with van der Waals surface area (Å²) in [5, 5.41) is 19.4. The van der Waals surface area contributed by atoms with Crippen molar-refractivity contribution in [1.29, 1.82) is 0 Å². The monoisotopic (exact) mass is 372 g/mol. The number of carbonyl (C=O) groups is 3. The normalized spacial score (nSPS) is 36.9. The molecule has 2 saturated heterocycles. The standard InChI is InChI=1S/C12H12N4O4S3/c1-11-3-12(11,9(19)20)16-7(18)6(8(16)23-11)14-5(17)2-21-10-15-13-4-22-10/h4,6,8H,2-3H2,1H3,(H,14,17)(H,19,20)/t6?,8-,11?,12?/m1/s1. The van der Waals surface area contributed by atoms with Gasteiger partial charge in [0.25, 0.3) is 0 Å². The van der Waals surface area contributed by atoms with Crippen molar-refractivity contribution in [2.45, 2.75) is 39.4 Å². The lowest BCUT2D eigenvalue weighted by molar-refractivity contribution is -0.163. The first kappa shape index (κ1) is 15.2. The summed E-state index contributed by atoms with van der Waals surface area (Å²) in [7, 11) is 0. The molecule has 3 fully saturated rings. The van der Waals surface area contributed by atoms with Gasteiger partial charge in [0.2, 0.25) is 11.8 Å². The number of carboxylic acid groups (broad SMARTS) is 1. The van der Waals surface area contributed by atoms with E-state index in [1.165, 1.54) is 39.8 Å². The highest BCUT2D eigenvalue weighted by Gasteiger charge is 2.85. The van der Waals surface area contributed by atoms with Gasteiger partial charge in [0, 0.05) is 6.42 Å². The Kier molecular flexibility index (Phi) is 3.20. The predicted octanol–water partition coefficient (Wildman–Crippen LogP) is 0.0159. The molecule has 0 bridgehead atoms. The smallest absolute Gasteiger partial charge is 0.331 e. The number of β-lactam (4-membered cyclic amide) rings is 1. The molecule has 122 valence electrons. The van der Waals surface area contributed by atoms with Gasteiger partial charge in [-0.05, 0) is 6.92 Å². The molecule has 4 rings (SSSR count). The van der Waals surface area contributed by atoms with Gasteiger partial charge in [0.1, 0.15) is 16.9 Å². The number of aliphatic carboxylic acids is 1. The van der Waals surface area contributed by atoms with E-state index < -0.39 is 22.3 Å². The van der Waals surface area contributed by atoms with Gasteiger partial charge >= 0.3 is 5.97 Å². The highest BCUT2D eigenvalue weighted by Crippen LogP contribution is 2.71. The number of aromatic nitrogens is 2. The van der Waals surface area contributed by atoms with Crippen molar-refractivity contribution < 1.29 is 19.5 Å². The summed E-state index contributed by atoms with van der Waals surface area (Å²) in [6.07, 6.45) is 0.468. The van der Waals surface area contributed by atoms with Crippen LogP contribution in [0.1, 0.15) is 13.3 Å². The van der Waals surface area contributed by atoms with Gasteiger partial charge in [0.15, 0.2) is 9.88 Å². The van der Waals surface area contributed by atoms with Crippen molar-refractivity contribution in [3.8, 4) is 0 Å². The average Bonchev–Trinajstić information content (AvgIpc) is 2.87. The Bertz CT molecular complexity index is 713. The minimum atomic E-state index is -1.08. The third-order valence-electron chi connectivity index (χ3n) is 4.52. The van der Waals surface area contributed by atoms with Crippen molar-refractivity contribution in [3.63, 3.8) is 0 Å². The van der Waals surface area contributed by atoms with Gasteiger partial charge < -0.3 is 15.3 Å². The highest BCUT2D eigenvalue weighted by atomic mass is 32.2. The van der Waals surface area contributed by atoms with Crippen LogP contribution in [0.2, 0.25) is 0 Å². The van der Waals surface area contributed by atoms with E-state index in [1.807, 2.05) is 6.92 Å². The SMILES string of the molecule is CC12CC1(C(=O)O)N1C(=O)C(NC(=O)CSc3nncs3)[C@H]1S2. The maximum atomic E-state index is 12.3. The molecule has 1 aromatic rings. The van der Waals surface area contributed by atoms with Crippen molar-refractivity contribution in [3.05, 3.63) is 5.51 Å². The maximum absolute atomic E-state index is 12.3. The van der Waals surface area contributed by atoms with Crippen LogP contribution in [-0.4, -0.2) is 65.4 Å². The third-order valence-corrected chi connectivity index (χ3v) is 8.10. The Hall–Kier alpha value is -1.33. The lowest BCUT2D eigenvalue weighted by atomic mass is 10.0. The molecule has 3 heterocycles. The number of fused-ring (bicyclic) bond motifs is 3. The summed E-state index contributed by atoms with van der Waals surface area (Å²) in [5.41, 5.74) is 0.503. The fraction of sp³-hybridized carbons (Fsp3) is 0.583. The van der Waals surface area contributed by atoms with Gasteiger partial charge in [0.05, 0.1) is 10.5 Å². The molecule has 1 saturated carbocycles. The molecule has 4 atom stereocenters. The number of thioether (sulfide) groups is 2. The van der Waals surface area contributed by atoms with Crippen LogP contribution in [0.3, 0.4) is 0 Å². The number of carboxylic acids is 1. The van der Waals surface area contributed by atoms with Crippen LogP contribution in [0.4, 0.5) is 0 Å². The lowest BCUT2D eigenvalue weighted by Gasteiger charge is -2.45. The average molecular weight is 372 g/mol. The molecule has 1 aliphatic carbocycles. The predicted molar refractivity (Wildman–Crippen MR) is 84.2 cm³/mol. The fourth-order valence-electron chi connectivity index (χ4n) is 3.29. The van der Waals surface area contributed by atoms with E-state index in [9.17, 15) is 19.5 Å². The molecule has 0 radical (unpaired) electrons. The second kappa shape index (κ2) is 4.84. The van der Waals surface area contributed by atoms with Gasteiger partial charge in [-0.15, -0.1) is 22.0 Å². The summed E-state index contributed by atoms with van der Waals surface area (Å²) in [6, 6.07) is -0.636. The van der Waals surface area contributed by atoms with E-state index in [0.717, 1.165) is 0 Å². The van der Waals surface area contributed by atoms with E-state index in [-0.39, 0.29) is 22.9 Å². The second-order valence-corrected chi connectivity index (χ2v) is 9.50. The largest absolute Gasteiger partial charge is 0.479 e. The van der Waals surface area contributed by atoms with Gasteiger partial charge in [-0.25, -0.2) is 4.79 Å². The van der Waals surface area contributed by atoms with Crippen molar-refractivity contribution in [2.24, 2.45) is 0 Å². The zero-order valence-corrected chi connectivity index (χ0v) is 14.3. The minimum absolute atomic E-state index is 0.150. The molecule has 2 amide bonds. The second-order valence-electron chi connectivity index (χ2n) is 5.83. The summed E-state index contributed by atoms with van der Waals surface area (Å²) >= 11 is 4.07. The summed E-state index contributed by atoms with van der Waals surface area (Å²) in [6.45, 7) is 1.86. The van der Waals surface area contributed by atoms with Crippen molar-refractivity contribution in [2.75, 3.05) is 5.75 Å². The zero-order valence-electron chi connectivity index (χ0n) is 11.9. The fourth-order valence-corrected chi connectivity index (χ4v) is 6.50. The number of hydrogen-bond donors (Lipinski definition) is 2. The number of carbonyl (C=O) groups excluding carboxylic acids is 2. The third kappa shape index (κ3) is 1.96. The molecule has 23 heavy (non-hydrogen) atoms. The van der Waals surface area contributed by atoms with Crippen LogP contribution in [0.15, 0.2) is 9.85 Å². The number of amides is 2. The molecule has 3 unspecified atom stereocenters.